The van der Waals surface area contributed by atoms with E-state index in [9.17, 15) is 9.59 Å². The fraction of sp³-hybridized carbons (Fsp3) is 0.208. The summed E-state index contributed by atoms with van der Waals surface area (Å²) in [5, 5.41) is 5.48. The highest BCUT2D eigenvalue weighted by atomic mass is 16.3. The van der Waals surface area contributed by atoms with Crippen molar-refractivity contribution in [2.24, 2.45) is 0 Å². The fourth-order valence-corrected chi connectivity index (χ4v) is 3.73. The molecular weight excluding hydrogens is 392 g/mol. The van der Waals surface area contributed by atoms with E-state index in [1.165, 1.54) is 0 Å². The summed E-state index contributed by atoms with van der Waals surface area (Å²) in [5.74, 6) is -0.572. The average Bonchev–Trinajstić information content (AvgIpc) is 3.27. The lowest BCUT2D eigenvalue weighted by molar-refractivity contribution is -0.121. The maximum absolute atomic E-state index is 12.4. The molecule has 0 unspecified atom stereocenters. The van der Waals surface area contributed by atoms with Crippen LogP contribution in [-0.2, 0) is 11.2 Å². The molecule has 2 aromatic carbocycles. The predicted octanol–water partition coefficient (Wildman–Crippen LogP) is 3.94. The maximum Gasteiger partial charge on any atom is 0.305 e. The van der Waals surface area contributed by atoms with Gasteiger partial charge in [-0.1, -0.05) is 36.4 Å². The van der Waals surface area contributed by atoms with E-state index in [1.807, 2.05) is 74.0 Å². The molecule has 0 aliphatic heterocycles. The number of nitrogens with zero attached hydrogens (tertiary/aromatic N) is 2. The van der Waals surface area contributed by atoms with Crippen LogP contribution in [0.15, 0.2) is 59.0 Å². The van der Waals surface area contributed by atoms with Gasteiger partial charge < -0.3 is 4.42 Å². The molecule has 4 rings (SSSR count). The van der Waals surface area contributed by atoms with Crippen molar-refractivity contribution in [3.63, 3.8) is 0 Å². The number of para-hydroxylation sites is 2. The molecule has 2 N–H and O–H groups in total. The second kappa shape index (κ2) is 8.47. The molecule has 7 heteroatoms. The van der Waals surface area contributed by atoms with Gasteiger partial charge in [0, 0.05) is 23.1 Å². The number of furan rings is 1. The molecule has 7 nitrogen and oxygen atoms in total. The van der Waals surface area contributed by atoms with E-state index in [4.69, 9.17) is 4.42 Å². The van der Waals surface area contributed by atoms with Crippen LogP contribution in [0.4, 0.5) is 0 Å². The van der Waals surface area contributed by atoms with Gasteiger partial charge in [-0.15, -0.1) is 0 Å². The summed E-state index contributed by atoms with van der Waals surface area (Å²) < 4.78 is 7.51. The first kappa shape index (κ1) is 20.4. The van der Waals surface area contributed by atoms with Gasteiger partial charge in [-0.2, -0.15) is 5.10 Å². The second-order valence-electron chi connectivity index (χ2n) is 7.45. The third-order valence-electron chi connectivity index (χ3n) is 5.41. The molecule has 0 saturated carbocycles. The molecule has 0 aliphatic rings. The van der Waals surface area contributed by atoms with E-state index in [-0.39, 0.29) is 18.1 Å². The van der Waals surface area contributed by atoms with Crippen LogP contribution in [0.1, 0.15) is 39.5 Å². The normalized spacial score (nSPS) is 10.9. The van der Waals surface area contributed by atoms with Crippen LogP contribution in [0.3, 0.4) is 0 Å². The Morgan fingerprint density at radius 3 is 2.42 bits per heavy atom. The van der Waals surface area contributed by atoms with Crippen molar-refractivity contribution < 1.29 is 14.0 Å². The molecule has 0 saturated heterocycles. The number of hydrogen-bond donors (Lipinski definition) is 2. The lowest BCUT2D eigenvalue weighted by Gasteiger charge is -2.07. The summed E-state index contributed by atoms with van der Waals surface area (Å²) in [6.07, 6.45) is 0.747. The topological polar surface area (TPSA) is 89.2 Å². The smallest absolute Gasteiger partial charge is 0.305 e. The molecule has 0 spiro atoms. The van der Waals surface area contributed by atoms with Crippen molar-refractivity contribution in [2.45, 2.75) is 33.6 Å². The number of benzene rings is 2. The zero-order valence-electron chi connectivity index (χ0n) is 17.7. The van der Waals surface area contributed by atoms with E-state index < -0.39 is 5.91 Å². The second-order valence-corrected chi connectivity index (χ2v) is 7.45. The third kappa shape index (κ3) is 4.07. The molecule has 158 valence electrons. The molecule has 0 bridgehead atoms. The molecule has 2 amide bonds. The van der Waals surface area contributed by atoms with Gasteiger partial charge in [0.25, 0.3) is 0 Å². The summed E-state index contributed by atoms with van der Waals surface area (Å²) in [5.41, 5.74) is 10.2. The maximum atomic E-state index is 12.4. The van der Waals surface area contributed by atoms with E-state index in [1.54, 1.807) is 6.07 Å². The van der Waals surface area contributed by atoms with Gasteiger partial charge in [-0.25, -0.2) is 4.68 Å². The number of amides is 2. The zero-order chi connectivity index (χ0) is 22.0. The van der Waals surface area contributed by atoms with Crippen molar-refractivity contribution in [1.29, 1.82) is 0 Å². The van der Waals surface area contributed by atoms with Crippen molar-refractivity contribution in [2.75, 3.05) is 0 Å². The van der Waals surface area contributed by atoms with Crippen molar-refractivity contribution in [1.82, 2.24) is 20.6 Å². The van der Waals surface area contributed by atoms with E-state index in [2.05, 4.69) is 16.0 Å². The first-order valence-electron chi connectivity index (χ1n) is 10.1. The summed E-state index contributed by atoms with van der Waals surface area (Å²) >= 11 is 0. The first-order chi connectivity index (χ1) is 15.0. The van der Waals surface area contributed by atoms with Crippen molar-refractivity contribution >= 4 is 22.8 Å². The number of rotatable bonds is 5. The number of aromatic nitrogens is 2. The Labute approximate surface area is 180 Å². The Kier molecular flexibility index (Phi) is 5.58. The van der Waals surface area contributed by atoms with Crippen LogP contribution in [-0.4, -0.2) is 21.6 Å². The van der Waals surface area contributed by atoms with Gasteiger partial charge in [0.2, 0.25) is 5.91 Å². The zero-order valence-corrected chi connectivity index (χ0v) is 17.7. The van der Waals surface area contributed by atoms with Crippen molar-refractivity contribution in [3.05, 3.63) is 82.9 Å². The van der Waals surface area contributed by atoms with Crippen LogP contribution in [0.5, 0.6) is 0 Å². The standard InChI is InChI=1S/C24H24N4O3/c1-15-19-11-7-8-12-21(19)31-23(15)24(30)26-25-22(29)14-13-20-16(2)27-28(17(20)3)18-9-5-4-6-10-18/h4-12H,13-14H2,1-3H3,(H,25,29)(H,26,30). The number of nitrogens with one attached hydrogen (secondary N) is 2. The molecule has 31 heavy (non-hydrogen) atoms. The summed E-state index contributed by atoms with van der Waals surface area (Å²) in [6.45, 7) is 5.75. The lowest BCUT2D eigenvalue weighted by atomic mass is 10.1. The van der Waals surface area contributed by atoms with Crippen molar-refractivity contribution in [3.8, 4) is 5.69 Å². The SMILES string of the molecule is Cc1nn(-c2ccccc2)c(C)c1CCC(=O)NNC(=O)c1oc2ccccc2c1C. The van der Waals surface area contributed by atoms with E-state index in [0.717, 1.165) is 33.6 Å². The Morgan fingerprint density at radius 2 is 1.68 bits per heavy atom. The molecule has 2 aromatic heterocycles. The van der Waals surface area contributed by atoms with Crippen LogP contribution in [0.2, 0.25) is 0 Å². The minimum Gasteiger partial charge on any atom is -0.451 e. The number of carbonyl (C=O) groups excluding carboxylic acids is 2. The minimum atomic E-state index is -0.480. The summed E-state index contributed by atoms with van der Waals surface area (Å²) in [6, 6.07) is 17.3. The van der Waals surface area contributed by atoms with Gasteiger partial charge in [0.1, 0.15) is 5.58 Å². The lowest BCUT2D eigenvalue weighted by Crippen LogP contribution is -2.41. The van der Waals surface area contributed by atoms with Gasteiger partial charge in [-0.05, 0) is 51.0 Å². The number of carbonyl (C=O) groups is 2. The minimum absolute atomic E-state index is 0.192. The number of hydrogen-bond acceptors (Lipinski definition) is 4. The monoisotopic (exact) mass is 416 g/mol. The Hall–Kier alpha value is -3.87. The Balaban J connectivity index is 1.37. The van der Waals surface area contributed by atoms with Crippen LogP contribution >= 0.6 is 0 Å². The Bertz CT molecular complexity index is 1250. The largest absolute Gasteiger partial charge is 0.451 e. The molecule has 0 fully saturated rings. The first-order valence-corrected chi connectivity index (χ1v) is 10.1. The predicted molar refractivity (Wildman–Crippen MR) is 118 cm³/mol. The molecular formula is C24H24N4O3. The van der Waals surface area contributed by atoms with E-state index >= 15 is 0 Å². The number of aryl methyl sites for hydroxylation is 2. The summed E-state index contributed by atoms with van der Waals surface area (Å²) in [7, 11) is 0. The van der Waals surface area contributed by atoms with Crippen LogP contribution in [0, 0.1) is 20.8 Å². The van der Waals surface area contributed by atoms with Crippen LogP contribution in [0.25, 0.3) is 16.7 Å². The Morgan fingerprint density at radius 1 is 0.968 bits per heavy atom. The average molecular weight is 416 g/mol. The van der Waals surface area contributed by atoms with Gasteiger partial charge >= 0.3 is 5.91 Å². The highest BCUT2D eigenvalue weighted by Gasteiger charge is 2.18. The highest BCUT2D eigenvalue weighted by molar-refractivity contribution is 5.99. The molecule has 0 aliphatic carbocycles. The van der Waals surface area contributed by atoms with Gasteiger partial charge in [0.15, 0.2) is 5.76 Å². The van der Waals surface area contributed by atoms with Gasteiger partial charge in [0.05, 0.1) is 11.4 Å². The molecule has 2 heterocycles. The van der Waals surface area contributed by atoms with Crippen LogP contribution < -0.4 is 10.9 Å². The number of hydrazine groups is 1. The fourth-order valence-electron chi connectivity index (χ4n) is 3.73. The molecule has 0 atom stereocenters. The highest BCUT2D eigenvalue weighted by Crippen LogP contribution is 2.24. The quantitative estimate of drug-likeness (QED) is 0.482. The third-order valence-corrected chi connectivity index (χ3v) is 5.41. The summed E-state index contributed by atoms with van der Waals surface area (Å²) in [4.78, 5) is 24.8. The number of fused-ring (bicyclic) bond motifs is 1. The van der Waals surface area contributed by atoms with Gasteiger partial charge in [-0.3, -0.25) is 20.4 Å². The molecule has 0 radical (unpaired) electrons. The van der Waals surface area contributed by atoms with E-state index in [0.29, 0.717) is 12.0 Å². The molecule has 4 aromatic rings.